The van der Waals surface area contributed by atoms with Gasteiger partial charge in [0.2, 0.25) is 5.91 Å². The smallest absolute Gasteiger partial charge is 0.416 e. The number of anilines is 2. The third-order valence-electron chi connectivity index (χ3n) is 5.89. The molecule has 0 radical (unpaired) electrons. The molecule has 1 unspecified atom stereocenters. The van der Waals surface area contributed by atoms with Crippen molar-refractivity contribution in [1.29, 1.82) is 5.26 Å². The molecule has 1 aliphatic heterocycles. The summed E-state index contributed by atoms with van der Waals surface area (Å²) >= 11 is 0. The zero-order chi connectivity index (χ0) is 28.0. The monoisotopic (exact) mass is 533 g/mol. The summed E-state index contributed by atoms with van der Waals surface area (Å²) in [5.41, 5.74) is 2.41. The summed E-state index contributed by atoms with van der Waals surface area (Å²) in [5, 5.41) is 23.9. The van der Waals surface area contributed by atoms with Gasteiger partial charge in [0, 0.05) is 29.4 Å². The molecule has 1 aliphatic rings. The number of carbonyl (C=O) groups excluding carboxylic acids is 2. The summed E-state index contributed by atoms with van der Waals surface area (Å²) in [6, 6.07) is 18.1. The lowest BCUT2D eigenvalue weighted by atomic mass is 9.96. The number of hydrogen-bond donors (Lipinski definition) is 3. The van der Waals surface area contributed by atoms with Crippen molar-refractivity contribution >= 4 is 28.8 Å². The Morgan fingerprint density at radius 3 is 2.41 bits per heavy atom. The van der Waals surface area contributed by atoms with Crippen LogP contribution < -0.4 is 15.4 Å². The molecule has 0 fully saturated rings. The predicted octanol–water partition coefficient (Wildman–Crippen LogP) is 5.09. The summed E-state index contributed by atoms with van der Waals surface area (Å²) in [6.45, 7) is -0.130. The van der Waals surface area contributed by atoms with Crippen LogP contribution in [0.2, 0.25) is 0 Å². The van der Waals surface area contributed by atoms with Crippen LogP contribution in [-0.2, 0) is 22.2 Å². The van der Waals surface area contributed by atoms with Crippen molar-refractivity contribution in [3.8, 4) is 11.8 Å². The van der Waals surface area contributed by atoms with Crippen LogP contribution in [0, 0.1) is 11.3 Å². The lowest BCUT2D eigenvalue weighted by molar-refractivity contribution is -0.137. The Morgan fingerprint density at radius 1 is 1.10 bits per heavy atom. The van der Waals surface area contributed by atoms with E-state index >= 15 is 0 Å². The van der Waals surface area contributed by atoms with Crippen molar-refractivity contribution in [3.05, 3.63) is 107 Å². The SMILES string of the molecule is N#CCOc1ccc(C(=CC=CC(=O)Nc2cccc3c2CC(O)C(=O)N3)c2ccc(C(F)(F)F)cc2)cc1. The lowest BCUT2D eigenvalue weighted by Crippen LogP contribution is -2.34. The van der Waals surface area contributed by atoms with Crippen LogP contribution in [0.15, 0.2) is 85.0 Å². The number of alkyl halides is 3. The van der Waals surface area contributed by atoms with Gasteiger partial charge < -0.3 is 20.5 Å². The first kappa shape index (κ1) is 27.2. The largest absolute Gasteiger partial charge is 0.479 e. The number of halogens is 3. The number of ether oxygens (including phenoxy) is 1. The van der Waals surface area contributed by atoms with Crippen LogP contribution >= 0.6 is 0 Å². The summed E-state index contributed by atoms with van der Waals surface area (Å²) < 4.78 is 44.5. The van der Waals surface area contributed by atoms with E-state index in [1.165, 1.54) is 24.3 Å². The van der Waals surface area contributed by atoms with Gasteiger partial charge in [0.15, 0.2) is 6.61 Å². The Hall–Kier alpha value is -4.88. The Balaban J connectivity index is 1.59. The molecular weight excluding hydrogens is 511 g/mol. The quantitative estimate of drug-likeness (QED) is 0.289. The molecule has 10 heteroatoms. The second-order valence-corrected chi connectivity index (χ2v) is 8.52. The third kappa shape index (κ3) is 6.71. The number of allylic oxidation sites excluding steroid dienone is 2. The van der Waals surface area contributed by atoms with Gasteiger partial charge in [-0.3, -0.25) is 9.59 Å². The number of aliphatic hydroxyl groups is 1. The third-order valence-corrected chi connectivity index (χ3v) is 5.89. The molecule has 3 N–H and O–H groups in total. The van der Waals surface area contributed by atoms with Gasteiger partial charge in [0.05, 0.1) is 5.56 Å². The normalized spacial score (nSPS) is 15.3. The minimum Gasteiger partial charge on any atom is -0.479 e. The maximum Gasteiger partial charge on any atom is 0.416 e. The zero-order valence-electron chi connectivity index (χ0n) is 20.3. The second-order valence-electron chi connectivity index (χ2n) is 8.52. The number of fused-ring (bicyclic) bond motifs is 1. The van der Waals surface area contributed by atoms with Gasteiger partial charge in [-0.1, -0.05) is 42.5 Å². The first-order chi connectivity index (χ1) is 18.7. The maximum atomic E-state index is 13.1. The number of nitrogens with one attached hydrogen (secondary N) is 2. The summed E-state index contributed by atoms with van der Waals surface area (Å²) in [5.74, 6) is -0.552. The average Bonchev–Trinajstić information content (AvgIpc) is 2.91. The number of nitrogens with zero attached hydrogens (tertiary/aromatic N) is 1. The molecule has 1 atom stereocenters. The van der Waals surface area contributed by atoms with Gasteiger partial charge in [-0.2, -0.15) is 18.4 Å². The number of rotatable bonds is 7. The Labute approximate surface area is 221 Å². The minimum absolute atomic E-state index is 0.0490. The zero-order valence-corrected chi connectivity index (χ0v) is 20.3. The Morgan fingerprint density at radius 2 is 1.77 bits per heavy atom. The van der Waals surface area contributed by atoms with E-state index in [4.69, 9.17) is 10.00 Å². The number of carbonyl (C=O) groups is 2. The molecule has 0 bridgehead atoms. The lowest BCUT2D eigenvalue weighted by Gasteiger charge is -2.23. The van der Waals surface area contributed by atoms with Crippen molar-refractivity contribution in [3.63, 3.8) is 0 Å². The van der Waals surface area contributed by atoms with Gasteiger partial charge in [0.25, 0.3) is 5.91 Å². The number of aliphatic hydroxyl groups excluding tert-OH is 1. The number of amides is 2. The summed E-state index contributed by atoms with van der Waals surface area (Å²) in [6.07, 6.45) is -1.34. The summed E-state index contributed by atoms with van der Waals surface area (Å²) in [4.78, 5) is 24.4. The Bertz CT molecular complexity index is 1470. The molecular formula is C29H22F3N3O4. The highest BCUT2D eigenvalue weighted by atomic mass is 19.4. The van der Waals surface area contributed by atoms with Crippen molar-refractivity contribution in [2.75, 3.05) is 17.2 Å². The van der Waals surface area contributed by atoms with E-state index in [2.05, 4.69) is 10.6 Å². The van der Waals surface area contributed by atoms with Gasteiger partial charge in [-0.05, 0) is 53.1 Å². The molecule has 0 aromatic heterocycles. The van der Waals surface area contributed by atoms with Crippen molar-refractivity contribution < 1.29 is 32.6 Å². The van der Waals surface area contributed by atoms with Gasteiger partial charge in [-0.15, -0.1) is 0 Å². The van der Waals surface area contributed by atoms with E-state index in [9.17, 15) is 27.9 Å². The van der Waals surface area contributed by atoms with Crippen LogP contribution in [0.5, 0.6) is 5.75 Å². The topological polar surface area (TPSA) is 111 Å². The number of benzene rings is 3. The van der Waals surface area contributed by atoms with E-state index in [0.717, 1.165) is 12.1 Å². The minimum atomic E-state index is -4.48. The van der Waals surface area contributed by atoms with E-state index in [1.807, 2.05) is 6.07 Å². The molecule has 2 amide bonds. The molecule has 0 saturated heterocycles. The second kappa shape index (κ2) is 11.7. The molecule has 3 aromatic carbocycles. The molecule has 3 aromatic rings. The molecule has 198 valence electrons. The standard InChI is InChI=1S/C29H22F3N3O4/c30-29(31,32)20-11-7-18(8-12-20)22(19-9-13-21(14-10-19)39-16-15-33)3-1-6-27(37)34-24-4-2-5-25-23(24)17-26(36)28(38)35-25/h1-14,26,36H,16-17H2,(H,34,37)(H,35,38). The first-order valence-electron chi connectivity index (χ1n) is 11.7. The maximum absolute atomic E-state index is 13.1. The predicted molar refractivity (Wildman–Crippen MR) is 139 cm³/mol. The van der Waals surface area contributed by atoms with Crippen LogP contribution in [0.3, 0.4) is 0 Å². The molecule has 0 aliphatic carbocycles. The van der Waals surface area contributed by atoms with Crippen molar-refractivity contribution in [1.82, 2.24) is 0 Å². The van der Waals surface area contributed by atoms with E-state index in [1.54, 1.807) is 48.5 Å². The van der Waals surface area contributed by atoms with Crippen LogP contribution in [-0.4, -0.2) is 29.6 Å². The average molecular weight is 534 g/mol. The molecule has 1 heterocycles. The highest BCUT2D eigenvalue weighted by Gasteiger charge is 2.30. The fourth-order valence-corrected chi connectivity index (χ4v) is 3.99. The highest BCUT2D eigenvalue weighted by molar-refractivity contribution is 6.03. The number of hydrogen-bond acceptors (Lipinski definition) is 5. The molecule has 39 heavy (non-hydrogen) atoms. The van der Waals surface area contributed by atoms with Crippen molar-refractivity contribution in [2.45, 2.75) is 18.7 Å². The Kier molecular flexibility index (Phi) is 8.13. The molecule has 0 saturated carbocycles. The van der Waals surface area contributed by atoms with Gasteiger partial charge >= 0.3 is 6.18 Å². The van der Waals surface area contributed by atoms with Gasteiger partial charge in [-0.25, -0.2) is 0 Å². The van der Waals surface area contributed by atoms with Crippen LogP contribution in [0.25, 0.3) is 5.57 Å². The highest BCUT2D eigenvalue weighted by Crippen LogP contribution is 2.32. The van der Waals surface area contributed by atoms with E-state index in [0.29, 0.717) is 39.4 Å². The fourth-order valence-electron chi connectivity index (χ4n) is 3.99. The summed E-state index contributed by atoms with van der Waals surface area (Å²) in [7, 11) is 0. The molecule has 7 nitrogen and oxygen atoms in total. The van der Waals surface area contributed by atoms with E-state index in [-0.39, 0.29) is 13.0 Å². The fraction of sp³-hybridized carbons (Fsp3) is 0.138. The van der Waals surface area contributed by atoms with Gasteiger partial charge in [0.1, 0.15) is 17.9 Å². The van der Waals surface area contributed by atoms with Crippen LogP contribution in [0.4, 0.5) is 24.5 Å². The van der Waals surface area contributed by atoms with Crippen LogP contribution in [0.1, 0.15) is 22.3 Å². The number of nitriles is 1. The first-order valence-corrected chi connectivity index (χ1v) is 11.7. The molecule has 4 rings (SSSR count). The van der Waals surface area contributed by atoms with E-state index < -0.39 is 29.7 Å². The van der Waals surface area contributed by atoms with Crippen molar-refractivity contribution in [2.24, 2.45) is 0 Å². The molecule has 0 spiro atoms.